The van der Waals surface area contributed by atoms with Crippen molar-refractivity contribution in [3.05, 3.63) is 24.3 Å². The van der Waals surface area contributed by atoms with Gasteiger partial charge < -0.3 is 15.4 Å². The highest BCUT2D eigenvalue weighted by Crippen LogP contribution is 2.23. The predicted octanol–water partition coefficient (Wildman–Crippen LogP) is 2.65. The summed E-state index contributed by atoms with van der Waals surface area (Å²) < 4.78 is 5.10. The van der Waals surface area contributed by atoms with Gasteiger partial charge in [-0.2, -0.15) is 0 Å². The Morgan fingerprint density at radius 2 is 1.77 bits per heavy atom. The summed E-state index contributed by atoms with van der Waals surface area (Å²) >= 11 is 0. The second kappa shape index (κ2) is 10.2. The van der Waals surface area contributed by atoms with Gasteiger partial charge in [0, 0.05) is 11.7 Å². The van der Waals surface area contributed by atoms with E-state index in [0.717, 1.165) is 12.2 Å². The summed E-state index contributed by atoms with van der Waals surface area (Å²) in [7, 11) is 1.60. The molecule has 144 valence electrons. The van der Waals surface area contributed by atoms with Crippen LogP contribution < -0.4 is 15.4 Å². The molecule has 6 nitrogen and oxygen atoms in total. The lowest BCUT2D eigenvalue weighted by Crippen LogP contribution is -2.47. The molecule has 2 N–H and O–H groups in total. The third kappa shape index (κ3) is 6.33. The number of anilines is 1. The molecule has 2 amide bonds. The summed E-state index contributed by atoms with van der Waals surface area (Å²) in [5.74, 6) is 1.15. The zero-order valence-electron chi connectivity index (χ0n) is 16.1. The smallest absolute Gasteiger partial charge is 0.238 e. The SMILES string of the molecule is CCN(CC(=O)Nc1ccc(OC)cc1)CC(=O)N[C@H]1CCCC[C@@H]1C. The van der Waals surface area contributed by atoms with Crippen LogP contribution in [0.5, 0.6) is 5.75 Å². The Morgan fingerprint density at radius 3 is 2.38 bits per heavy atom. The summed E-state index contributed by atoms with van der Waals surface area (Å²) in [6, 6.07) is 7.45. The fourth-order valence-electron chi connectivity index (χ4n) is 3.34. The first-order valence-electron chi connectivity index (χ1n) is 9.47. The van der Waals surface area contributed by atoms with E-state index in [1.54, 1.807) is 31.4 Å². The standard InChI is InChI=1S/C20H31N3O3/c1-4-23(14-20(25)22-18-8-6-5-7-15(18)2)13-19(24)21-16-9-11-17(26-3)12-10-16/h9-12,15,18H,4-8,13-14H2,1-3H3,(H,21,24)(H,22,25)/t15-,18-/m0/s1. The van der Waals surface area contributed by atoms with Crippen molar-refractivity contribution >= 4 is 17.5 Å². The molecule has 0 aliphatic heterocycles. The summed E-state index contributed by atoms with van der Waals surface area (Å²) in [6.45, 7) is 5.23. The molecule has 0 heterocycles. The molecule has 1 aromatic carbocycles. The quantitative estimate of drug-likeness (QED) is 0.747. The Bertz CT molecular complexity index is 588. The number of rotatable bonds is 8. The average Bonchev–Trinajstić information content (AvgIpc) is 2.63. The summed E-state index contributed by atoms with van der Waals surface area (Å²) in [5.41, 5.74) is 0.715. The van der Waals surface area contributed by atoms with Crippen molar-refractivity contribution in [3.63, 3.8) is 0 Å². The van der Waals surface area contributed by atoms with E-state index in [-0.39, 0.29) is 30.9 Å². The number of carbonyl (C=O) groups is 2. The molecule has 26 heavy (non-hydrogen) atoms. The average molecular weight is 361 g/mol. The number of likely N-dealkylation sites (N-methyl/N-ethyl adjacent to an activating group) is 1. The maximum atomic E-state index is 12.3. The van der Waals surface area contributed by atoms with Crippen LogP contribution in [0.4, 0.5) is 5.69 Å². The van der Waals surface area contributed by atoms with Crippen molar-refractivity contribution in [2.24, 2.45) is 5.92 Å². The Balaban J connectivity index is 1.79. The zero-order valence-corrected chi connectivity index (χ0v) is 16.1. The van der Waals surface area contributed by atoms with Crippen LogP contribution in [-0.2, 0) is 9.59 Å². The fourth-order valence-corrected chi connectivity index (χ4v) is 3.34. The molecule has 0 spiro atoms. The first-order chi connectivity index (χ1) is 12.5. The Kier molecular flexibility index (Phi) is 7.91. The van der Waals surface area contributed by atoms with Gasteiger partial charge in [0.15, 0.2) is 0 Å². The second-order valence-corrected chi connectivity index (χ2v) is 7.02. The number of amides is 2. The lowest BCUT2D eigenvalue weighted by atomic mass is 9.86. The molecule has 0 unspecified atom stereocenters. The number of nitrogens with one attached hydrogen (secondary N) is 2. The third-order valence-electron chi connectivity index (χ3n) is 5.01. The highest BCUT2D eigenvalue weighted by atomic mass is 16.5. The number of ether oxygens (including phenoxy) is 1. The molecule has 0 bridgehead atoms. The van der Waals surface area contributed by atoms with Gasteiger partial charge in [-0.3, -0.25) is 14.5 Å². The monoisotopic (exact) mass is 361 g/mol. The lowest BCUT2D eigenvalue weighted by Gasteiger charge is -2.30. The minimum atomic E-state index is -0.129. The number of methoxy groups -OCH3 is 1. The van der Waals surface area contributed by atoms with E-state index in [4.69, 9.17) is 4.74 Å². The van der Waals surface area contributed by atoms with Crippen LogP contribution in [0.25, 0.3) is 0 Å². The first-order valence-corrected chi connectivity index (χ1v) is 9.47. The van der Waals surface area contributed by atoms with E-state index in [1.165, 1.54) is 19.3 Å². The van der Waals surface area contributed by atoms with Gasteiger partial charge in [-0.05, 0) is 49.6 Å². The molecule has 1 aliphatic rings. The van der Waals surface area contributed by atoms with Crippen LogP contribution in [0, 0.1) is 5.92 Å². The van der Waals surface area contributed by atoms with Gasteiger partial charge in [0.2, 0.25) is 11.8 Å². The summed E-state index contributed by atoms with van der Waals surface area (Å²) in [4.78, 5) is 26.4. The maximum Gasteiger partial charge on any atom is 0.238 e. The molecule has 0 aromatic heterocycles. The molecular weight excluding hydrogens is 330 g/mol. The van der Waals surface area contributed by atoms with Gasteiger partial charge in [0.1, 0.15) is 5.75 Å². The molecular formula is C20H31N3O3. The number of carbonyl (C=O) groups excluding carboxylic acids is 2. The topological polar surface area (TPSA) is 70.7 Å². The number of hydrogen-bond acceptors (Lipinski definition) is 4. The molecule has 6 heteroatoms. The van der Waals surface area contributed by atoms with Crippen molar-refractivity contribution in [3.8, 4) is 5.75 Å². The highest BCUT2D eigenvalue weighted by Gasteiger charge is 2.23. The zero-order chi connectivity index (χ0) is 18.9. The molecule has 1 aromatic rings. The lowest BCUT2D eigenvalue weighted by molar-refractivity contribution is -0.124. The van der Waals surface area contributed by atoms with Gasteiger partial charge in [0.05, 0.1) is 20.2 Å². The maximum absolute atomic E-state index is 12.3. The highest BCUT2D eigenvalue weighted by molar-refractivity contribution is 5.92. The van der Waals surface area contributed by atoms with Crippen molar-refractivity contribution in [2.75, 3.05) is 32.1 Å². The summed E-state index contributed by atoms with van der Waals surface area (Å²) in [6.07, 6.45) is 4.65. The van der Waals surface area contributed by atoms with Crippen LogP contribution >= 0.6 is 0 Å². The van der Waals surface area contributed by atoms with Crippen molar-refractivity contribution in [1.82, 2.24) is 10.2 Å². The van der Waals surface area contributed by atoms with Gasteiger partial charge in [0.25, 0.3) is 0 Å². The van der Waals surface area contributed by atoms with E-state index in [0.29, 0.717) is 18.2 Å². The van der Waals surface area contributed by atoms with Crippen LogP contribution in [0.2, 0.25) is 0 Å². The molecule has 2 atom stereocenters. The normalized spacial score (nSPS) is 19.8. The molecule has 0 saturated heterocycles. The minimum absolute atomic E-state index is 0.00264. The van der Waals surface area contributed by atoms with Crippen LogP contribution in [0.1, 0.15) is 39.5 Å². The predicted molar refractivity (Wildman–Crippen MR) is 103 cm³/mol. The Hall–Kier alpha value is -2.08. The molecule has 1 fully saturated rings. The Morgan fingerprint density at radius 1 is 1.12 bits per heavy atom. The van der Waals surface area contributed by atoms with E-state index in [1.807, 2.05) is 11.8 Å². The van der Waals surface area contributed by atoms with Crippen molar-refractivity contribution in [1.29, 1.82) is 0 Å². The van der Waals surface area contributed by atoms with Crippen LogP contribution in [0.3, 0.4) is 0 Å². The van der Waals surface area contributed by atoms with E-state index in [9.17, 15) is 9.59 Å². The molecule has 2 rings (SSSR count). The molecule has 0 radical (unpaired) electrons. The first kappa shape index (κ1) is 20.2. The van der Waals surface area contributed by atoms with E-state index < -0.39 is 0 Å². The largest absolute Gasteiger partial charge is 0.497 e. The fraction of sp³-hybridized carbons (Fsp3) is 0.600. The van der Waals surface area contributed by atoms with E-state index >= 15 is 0 Å². The third-order valence-corrected chi connectivity index (χ3v) is 5.01. The van der Waals surface area contributed by atoms with Gasteiger partial charge in [-0.1, -0.05) is 26.7 Å². The second-order valence-electron chi connectivity index (χ2n) is 7.02. The van der Waals surface area contributed by atoms with Crippen LogP contribution in [-0.4, -0.2) is 49.5 Å². The van der Waals surface area contributed by atoms with Gasteiger partial charge in [-0.15, -0.1) is 0 Å². The van der Waals surface area contributed by atoms with Crippen LogP contribution in [0.15, 0.2) is 24.3 Å². The van der Waals surface area contributed by atoms with Gasteiger partial charge in [-0.25, -0.2) is 0 Å². The molecule has 1 saturated carbocycles. The molecule has 1 aliphatic carbocycles. The Labute approximate surface area is 156 Å². The van der Waals surface area contributed by atoms with E-state index in [2.05, 4.69) is 17.6 Å². The number of nitrogens with zero attached hydrogens (tertiary/aromatic N) is 1. The minimum Gasteiger partial charge on any atom is -0.497 e. The van der Waals surface area contributed by atoms with Crippen molar-refractivity contribution in [2.45, 2.75) is 45.6 Å². The summed E-state index contributed by atoms with van der Waals surface area (Å²) in [5, 5.41) is 5.99. The number of benzene rings is 1. The van der Waals surface area contributed by atoms with Crippen molar-refractivity contribution < 1.29 is 14.3 Å². The van der Waals surface area contributed by atoms with Gasteiger partial charge >= 0.3 is 0 Å². The number of hydrogen-bond donors (Lipinski definition) is 2.